The molecule has 2 atom stereocenters. The van der Waals surface area contributed by atoms with Crippen molar-refractivity contribution in [2.45, 2.75) is 63.3 Å². The fourth-order valence-electron chi connectivity index (χ4n) is 3.76. The van der Waals surface area contributed by atoms with E-state index in [9.17, 15) is 40.7 Å². The van der Waals surface area contributed by atoms with E-state index >= 15 is 0 Å². The summed E-state index contributed by atoms with van der Waals surface area (Å²) < 4.78 is 91.8. The van der Waals surface area contributed by atoms with Crippen LogP contribution >= 0.6 is 0 Å². The lowest BCUT2D eigenvalue weighted by Gasteiger charge is -2.36. The molecule has 0 saturated carbocycles. The number of hydrogen-bond acceptors (Lipinski definition) is 6. The van der Waals surface area contributed by atoms with Gasteiger partial charge in [-0.1, -0.05) is 13.0 Å². The molecule has 13 heteroatoms. The molecular weight excluding hydrogens is 534 g/mol. The molecule has 0 unspecified atom stereocenters. The van der Waals surface area contributed by atoms with E-state index in [1.54, 1.807) is 0 Å². The van der Waals surface area contributed by atoms with Crippen molar-refractivity contribution in [3.05, 3.63) is 53.3 Å². The number of carbonyl (C=O) groups excluding carboxylic acids is 1. The van der Waals surface area contributed by atoms with Crippen LogP contribution in [0, 0.1) is 18.7 Å². The first kappa shape index (κ1) is 29.2. The van der Waals surface area contributed by atoms with E-state index in [1.807, 2.05) is 0 Å². The van der Waals surface area contributed by atoms with Crippen molar-refractivity contribution < 1.29 is 50.1 Å². The van der Waals surface area contributed by atoms with Crippen LogP contribution in [-0.2, 0) is 30.8 Å². The summed E-state index contributed by atoms with van der Waals surface area (Å²) in [5.74, 6) is -3.68. The van der Waals surface area contributed by atoms with Gasteiger partial charge in [0.1, 0.15) is 17.7 Å². The zero-order valence-electron chi connectivity index (χ0n) is 21.0. The van der Waals surface area contributed by atoms with Crippen LogP contribution in [0.4, 0.5) is 23.2 Å². The molecule has 1 aliphatic heterocycles. The molecule has 38 heavy (non-hydrogen) atoms. The van der Waals surface area contributed by atoms with Gasteiger partial charge in [-0.3, -0.25) is 13.9 Å². The number of carbonyl (C=O) groups is 2. The Kier molecular flexibility index (Phi) is 8.02. The van der Waals surface area contributed by atoms with E-state index in [-0.39, 0.29) is 40.4 Å². The molecule has 8 nitrogen and oxygen atoms in total. The van der Waals surface area contributed by atoms with Crippen molar-refractivity contribution in [2.75, 3.05) is 10.8 Å². The van der Waals surface area contributed by atoms with E-state index in [0.29, 0.717) is 13.8 Å². The first-order chi connectivity index (χ1) is 17.4. The summed E-state index contributed by atoms with van der Waals surface area (Å²) in [6, 6.07) is 7.24. The van der Waals surface area contributed by atoms with Crippen LogP contribution in [0.1, 0.15) is 38.3 Å². The summed E-state index contributed by atoms with van der Waals surface area (Å²) >= 11 is 0. The van der Waals surface area contributed by atoms with Crippen LogP contribution in [0.2, 0.25) is 0 Å². The molecule has 0 aromatic heterocycles. The van der Waals surface area contributed by atoms with Gasteiger partial charge in [-0.15, -0.1) is 0 Å². The Hall–Kier alpha value is -3.35. The van der Waals surface area contributed by atoms with Gasteiger partial charge in [0.15, 0.2) is 0 Å². The van der Waals surface area contributed by atoms with Gasteiger partial charge in [0, 0.05) is 0 Å². The Morgan fingerprint density at radius 3 is 2.42 bits per heavy atom. The number of carboxylic acids is 1. The molecule has 2 aromatic carbocycles. The average Bonchev–Trinajstić information content (AvgIpc) is 2.79. The molecule has 0 radical (unpaired) electrons. The average molecular weight is 562 g/mol. The molecule has 0 bridgehead atoms. The predicted octanol–water partition coefficient (Wildman–Crippen LogP) is 4.63. The Labute approximate surface area is 217 Å². The standard InChI is InChI=1S/C25H27F4NO7S/c1-14-10-18(6-7-19(14)26)38(34,35)30-13-17(9-15(2)23(32)33)36-21-8-5-16(11-20(21)30)12-22(31)37-24(3,4)25(27,28)29/h5-8,10-11,15,17H,9,12-13H2,1-4H3,(H,32,33)/t15-,17-/m0/s1. The summed E-state index contributed by atoms with van der Waals surface area (Å²) in [7, 11) is -4.32. The lowest BCUT2D eigenvalue weighted by atomic mass is 10.0. The number of esters is 1. The number of benzene rings is 2. The van der Waals surface area contributed by atoms with E-state index in [1.165, 1.54) is 32.0 Å². The zero-order valence-corrected chi connectivity index (χ0v) is 21.8. The molecular formula is C25H27F4NO7S. The molecule has 1 aliphatic rings. The van der Waals surface area contributed by atoms with Gasteiger partial charge in [0.25, 0.3) is 10.0 Å². The van der Waals surface area contributed by atoms with E-state index in [2.05, 4.69) is 4.74 Å². The second kappa shape index (κ2) is 10.4. The van der Waals surface area contributed by atoms with Gasteiger partial charge in [0.05, 0.1) is 29.5 Å². The Morgan fingerprint density at radius 2 is 1.84 bits per heavy atom. The third-order valence-electron chi connectivity index (χ3n) is 6.11. The highest BCUT2D eigenvalue weighted by atomic mass is 32.2. The first-order valence-corrected chi connectivity index (χ1v) is 13.0. The lowest BCUT2D eigenvalue weighted by molar-refractivity contribution is -0.257. The number of hydrogen-bond donors (Lipinski definition) is 1. The van der Waals surface area contributed by atoms with Gasteiger partial charge in [-0.2, -0.15) is 13.2 Å². The van der Waals surface area contributed by atoms with Crippen LogP contribution in [-0.4, -0.2) is 49.9 Å². The molecule has 208 valence electrons. The van der Waals surface area contributed by atoms with Crippen molar-refractivity contribution in [3.8, 4) is 5.75 Å². The quantitative estimate of drug-likeness (QED) is 0.370. The van der Waals surface area contributed by atoms with Crippen molar-refractivity contribution in [1.82, 2.24) is 0 Å². The second-order valence-electron chi connectivity index (χ2n) is 9.62. The summed E-state index contributed by atoms with van der Waals surface area (Å²) in [5, 5.41) is 9.28. The molecule has 2 aromatic rings. The Morgan fingerprint density at radius 1 is 1.18 bits per heavy atom. The molecule has 0 fully saturated rings. The van der Waals surface area contributed by atoms with E-state index < -0.39 is 58.0 Å². The molecule has 1 N–H and O–H groups in total. The summed E-state index contributed by atoms with van der Waals surface area (Å²) in [6.45, 7) is 3.97. The number of carboxylic acid groups (broad SMARTS) is 1. The maximum atomic E-state index is 13.8. The lowest BCUT2D eigenvalue weighted by Crippen LogP contribution is -2.44. The van der Waals surface area contributed by atoms with Gasteiger partial charge < -0.3 is 14.6 Å². The number of alkyl halides is 3. The molecule has 0 aliphatic carbocycles. The van der Waals surface area contributed by atoms with Crippen LogP contribution in [0.3, 0.4) is 0 Å². The summed E-state index contributed by atoms with van der Waals surface area (Å²) in [5.41, 5.74) is -2.50. The van der Waals surface area contributed by atoms with Gasteiger partial charge in [-0.05, 0) is 68.7 Å². The Balaban J connectivity index is 1.99. The number of halogens is 4. The van der Waals surface area contributed by atoms with Gasteiger partial charge >= 0.3 is 18.1 Å². The first-order valence-electron chi connectivity index (χ1n) is 11.5. The van der Waals surface area contributed by atoms with E-state index in [4.69, 9.17) is 4.74 Å². The van der Waals surface area contributed by atoms with Gasteiger partial charge in [-0.25, -0.2) is 12.8 Å². The van der Waals surface area contributed by atoms with Crippen molar-refractivity contribution in [3.63, 3.8) is 0 Å². The normalized spacial score (nSPS) is 16.8. The fourth-order valence-corrected chi connectivity index (χ4v) is 5.35. The highest BCUT2D eigenvalue weighted by Crippen LogP contribution is 2.39. The monoisotopic (exact) mass is 561 g/mol. The smallest absolute Gasteiger partial charge is 0.427 e. The molecule has 0 amide bonds. The van der Waals surface area contributed by atoms with Gasteiger partial charge in [0.2, 0.25) is 5.60 Å². The maximum absolute atomic E-state index is 13.8. The van der Waals surface area contributed by atoms with Crippen LogP contribution in [0.15, 0.2) is 41.3 Å². The SMILES string of the molecule is Cc1cc(S(=O)(=O)N2C[C@H](C[C@H](C)C(=O)O)Oc3ccc(CC(=O)OC(C)(C)C(F)(F)F)cc32)ccc1F. The number of anilines is 1. The number of fused-ring (bicyclic) bond motifs is 1. The zero-order chi connectivity index (χ0) is 28.6. The minimum Gasteiger partial charge on any atom is -0.486 e. The number of aryl methyl sites for hydroxylation is 1. The second-order valence-corrected chi connectivity index (χ2v) is 11.5. The number of sulfonamides is 1. The highest BCUT2D eigenvalue weighted by molar-refractivity contribution is 7.92. The molecule has 0 spiro atoms. The third kappa shape index (κ3) is 6.20. The third-order valence-corrected chi connectivity index (χ3v) is 7.89. The van der Waals surface area contributed by atoms with Crippen LogP contribution < -0.4 is 9.04 Å². The molecule has 3 rings (SSSR count). The van der Waals surface area contributed by atoms with Crippen molar-refractivity contribution >= 4 is 27.6 Å². The summed E-state index contributed by atoms with van der Waals surface area (Å²) in [6.07, 6.45) is -6.26. The maximum Gasteiger partial charge on any atom is 0.427 e. The predicted molar refractivity (Wildman–Crippen MR) is 128 cm³/mol. The van der Waals surface area contributed by atoms with Crippen LogP contribution in [0.5, 0.6) is 5.75 Å². The number of nitrogens with zero attached hydrogens (tertiary/aromatic N) is 1. The summed E-state index contributed by atoms with van der Waals surface area (Å²) in [4.78, 5) is 23.4. The minimum atomic E-state index is -4.80. The minimum absolute atomic E-state index is 0.00779. The fraction of sp³-hybridized carbons (Fsp3) is 0.440. The molecule has 1 heterocycles. The number of aliphatic carboxylic acids is 1. The topological polar surface area (TPSA) is 110 Å². The number of rotatable bonds is 8. The van der Waals surface area contributed by atoms with Crippen molar-refractivity contribution in [1.29, 1.82) is 0 Å². The largest absolute Gasteiger partial charge is 0.486 e. The number of ether oxygens (including phenoxy) is 2. The highest BCUT2D eigenvalue weighted by Gasteiger charge is 2.50. The molecule has 0 saturated heterocycles. The van der Waals surface area contributed by atoms with E-state index in [0.717, 1.165) is 22.5 Å². The Bertz CT molecular complexity index is 1340. The van der Waals surface area contributed by atoms with Crippen molar-refractivity contribution in [2.24, 2.45) is 5.92 Å². The van der Waals surface area contributed by atoms with Crippen LogP contribution in [0.25, 0.3) is 0 Å².